The molecule has 5 heteroatoms. The highest BCUT2D eigenvalue weighted by Gasteiger charge is 2.92. The lowest BCUT2D eigenvalue weighted by Gasteiger charge is -2.22. The van der Waals surface area contributed by atoms with Gasteiger partial charge < -0.3 is 25.2 Å². The molecule has 4 atom stereocenters. The van der Waals surface area contributed by atoms with E-state index in [1.807, 2.05) is 0 Å². The predicted octanol–water partition coefficient (Wildman–Crippen LogP) is -1.80. The van der Waals surface area contributed by atoms with Crippen LogP contribution in [0.15, 0.2) is 0 Å². The Bertz CT molecular complexity index is 253. The van der Waals surface area contributed by atoms with E-state index in [1.54, 1.807) is 13.8 Å². The first-order chi connectivity index (χ1) is 5.84. The Kier molecular flexibility index (Phi) is 1.49. The zero-order valence-corrected chi connectivity index (χ0v) is 7.56. The third-order valence-electron chi connectivity index (χ3n) is 3.71. The molecule has 0 aromatic heterocycles. The van der Waals surface area contributed by atoms with Crippen molar-refractivity contribution in [2.24, 2.45) is 5.41 Å². The monoisotopic (exact) mass is 190 g/mol. The van der Waals surface area contributed by atoms with Crippen LogP contribution in [0.2, 0.25) is 0 Å². The van der Waals surface area contributed by atoms with Crippen molar-refractivity contribution in [3.8, 4) is 0 Å². The number of fused-ring (bicyclic) bond motifs is 1. The SMILES string of the molecule is CC1(C)[C@]2(O)C(O)O[C@H](CO)[C@]12O. The topological polar surface area (TPSA) is 90.2 Å². The molecule has 1 saturated heterocycles. The number of aliphatic hydroxyl groups excluding tert-OH is 2. The fourth-order valence-electron chi connectivity index (χ4n) is 2.57. The van der Waals surface area contributed by atoms with Crippen molar-refractivity contribution < 1.29 is 25.2 Å². The Balaban J connectivity index is 2.40. The lowest BCUT2D eigenvalue weighted by atomic mass is 10.0. The maximum atomic E-state index is 9.99. The van der Waals surface area contributed by atoms with E-state index in [9.17, 15) is 15.3 Å². The van der Waals surface area contributed by atoms with Crippen LogP contribution in [-0.2, 0) is 4.74 Å². The molecule has 1 aliphatic carbocycles. The average molecular weight is 190 g/mol. The molecule has 1 heterocycles. The van der Waals surface area contributed by atoms with Crippen molar-refractivity contribution in [1.29, 1.82) is 0 Å². The van der Waals surface area contributed by atoms with E-state index in [2.05, 4.69) is 0 Å². The molecule has 2 rings (SSSR count). The first kappa shape index (κ1) is 9.36. The van der Waals surface area contributed by atoms with Gasteiger partial charge in [-0.15, -0.1) is 0 Å². The zero-order valence-electron chi connectivity index (χ0n) is 7.56. The van der Waals surface area contributed by atoms with Crippen LogP contribution in [0.1, 0.15) is 13.8 Å². The predicted molar refractivity (Wildman–Crippen MR) is 41.6 cm³/mol. The highest BCUT2D eigenvalue weighted by atomic mass is 16.7. The van der Waals surface area contributed by atoms with Crippen LogP contribution in [0, 0.1) is 5.41 Å². The second-order valence-corrected chi connectivity index (χ2v) is 4.32. The van der Waals surface area contributed by atoms with Gasteiger partial charge in [0.15, 0.2) is 11.9 Å². The number of aliphatic hydroxyl groups is 4. The van der Waals surface area contributed by atoms with E-state index >= 15 is 0 Å². The van der Waals surface area contributed by atoms with Crippen LogP contribution in [0.5, 0.6) is 0 Å². The molecule has 1 unspecified atom stereocenters. The molecule has 5 nitrogen and oxygen atoms in total. The van der Waals surface area contributed by atoms with Gasteiger partial charge in [0, 0.05) is 5.41 Å². The summed E-state index contributed by atoms with van der Waals surface area (Å²) in [4.78, 5) is 0. The van der Waals surface area contributed by atoms with Gasteiger partial charge in [0.1, 0.15) is 11.7 Å². The third-order valence-corrected chi connectivity index (χ3v) is 3.71. The second-order valence-electron chi connectivity index (χ2n) is 4.32. The Labute approximate surface area is 75.6 Å². The highest BCUT2D eigenvalue weighted by molar-refractivity contribution is 5.38. The number of ether oxygens (including phenoxy) is 1. The summed E-state index contributed by atoms with van der Waals surface area (Å²) >= 11 is 0. The smallest absolute Gasteiger partial charge is 0.187 e. The van der Waals surface area contributed by atoms with Gasteiger partial charge in [-0.05, 0) is 0 Å². The summed E-state index contributed by atoms with van der Waals surface area (Å²) in [7, 11) is 0. The van der Waals surface area contributed by atoms with Gasteiger partial charge in [-0.3, -0.25) is 0 Å². The molecule has 0 aromatic rings. The maximum absolute atomic E-state index is 9.99. The number of hydrogen-bond acceptors (Lipinski definition) is 5. The lowest BCUT2D eigenvalue weighted by Crippen LogP contribution is -2.36. The summed E-state index contributed by atoms with van der Waals surface area (Å²) in [5, 5.41) is 38.1. The summed E-state index contributed by atoms with van der Waals surface area (Å²) in [6, 6.07) is 0. The average Bonchev–Trinajstić information content (AvgIpc) is 2.34. The second kappa shape index (κ2) is 2.07. The highest BCUT2D eigenvalue weighted by Crippen LogP contribution is 2.72. The first-order valence-electron chi connectivity index (χ1n) is 4.23. The third kappa shape index (κ3) is 0.619. The van der Waals surface area contributed by atoms with Gasteiger partial charge in [0.2, 0.25) is 0 Å². The summed E-state index contributed by atoms with van der Waals surface area (Å²) < 4.78 is 4.82. The van der Waals surface area contributed by atoms with Crippen molar-refractivity contribution in [3.63, 3.8) is 0 Å². The van der Waals surface area contributed by atoms with Gasteiger partial charge in [-0.2, -0.15) is 0 Å². The lowest BCUT2D eigenvalue weighted by molar-refractivity contribution is -0.185. The fourth-order valence-corrected chi connectivity index (χ4v) is 2.57. The summed E-state index contributed by atoms with van der Waals surface area (Å²) in [5.41, 5.74) is -4.02. The van der Waals surface area contributed by atoms with E-state index in [0.717, 1.165) is 0 Å². The molecule has 1 saturated carbocycles. The van der Waals surface area contributed by atoms with Crippen LogP contribution < -0.4 is 0 Å². The molecule has 1 aliphatic heterocycles. The van der Waals surface area contributed by atoms with E-state index in [4.69, 9.17) is 9.84 Å². The Morgan fingerprint density at radius 2 is 1.77 bits per heavy atom. The molecule has 0 bridgehead atoms. The quantitative estimate of drug-likeness (QED) is 0.391. The van der Waals surface area contributed by atoms with Gasteiger partial charge in [0.05, 0.1) is 6.61 Å². The largest absolute Gasteiger partial charge is 0.394 e. The van der Waals surface area contributed by atoms with E-state index < -0.39 is 35.6 Å². The Morgan fingerprint density at radius 3 is 2.00 bits per heavy atom. The molecule has 0 spiro atoms. The molecular formula is C8H14O5. The van der Waals surface area contributed by atoms with Crippen LogP contribution in [-0.4, -0.2) is 50.6 Å². The molecule has 2 aliphatic rings. The molecular weight excluding hydrogens is 176 g/mol. The summed E-state index contributed by atoms with van der Waals surface area (Å²) in [6.07, 6.45) is -2.34. The molecule has 4 N–H and O–H groups in total. The van der Waals surface area contributed by atoms with Crippen molar-refractivity contribution in [2.75, 3.05) is 6.61 Å². The zero-order chi connectivity index (χ0) is 10.1. The molecule has 76 valence electrons. The maximum Gasteiger partial charge on any atom is 0.187 e. The molecule has 13 heavy (non-hydrogen) atoms. The number of hydrogen-bond donors (Lipinski definition) is 4. The van der Waals surface area contributed by atoms with Gasteiger partial charge in [0.25, 0.3) is 0 Å². The fraction of sp³-hybridized carbons (Fsp3) is 1.00. The molecule has 0 radical (unpaired) electrons. The minimum absolute atomic E-state index is 0.417. The number of rotatable bonds is 1. The van der Waals surface area contributed by atoms with Crippen LogP contribution in [0.3, 0.4) is 0 Å². The van der Waals surface area contributed by atoms with E-state index in [0.29, 0.717) is 0 Å². The first-order valence-corrected chi connectivity index (χ1v) is 4.23. The van der Waals surface area contributed by atoms with Crippen molar-refractivity contribution in [2.45, 2.75) is 37.4 Å². The van der Waals surface area contributed by atoms with Gasteiger partial charge >= 0.3 is 0 Å². The Morgan fingerprint density at radius 1 is 1.23 bits per heavy atom. The van der Waals surface area contributed by atoms with E-state index in [-0.39, 0.29) is 0 Å². The van der Waals surface area contributed by atoms with Crippen LogP contribution >= 0.6 is 0 Å². The summed E-state index contributed by atoms with van der Waals surface area (Å²) in [5.74, 6) is 0. The van der Waals surface area contributed by atoms with Crippen molar-refractivity contribution in [3.05, 3.63) is 0 Å². The van der Waals surface area contributed by atoms with Gasteiger partial charge in [-0.1, -0.05) is 13.8 Å². The molecule has 2 fully saturated rings. The molecule has 0 amide bonds. The summed E-state index contributed by atoms with van der Waals surface area (Å²) in [6.45, 7) is 2.84. The van der Waals surface area contributed by atoms with Gasteiger partial charge in [-0.25, -0.2) is 0 Å². The van der Waals surface area contributed by atoms with Crippen molar-refractivity contribution in [1.82, 2.24) is 0 Å². The van der Waals surface area contributed by atoms with Crippen LogP contribution in [0.4, 0.5) is 0 Å². The standard InChI is InChI=1S/C8H14O5/c1-6(2)7(11)4(3-9)13-5(10)8(6,7)12/h4-5,9-12H,3H2,1-2H3/t4-,5?,7+,8-/m1/s1. The Hall–Kier alpha value is -0.200. The normalized spacial score (nSPS) is 57.7. The van der Waals surface area contributed by atoms with Crippen molar-refractivity contribution >= 4 is 0 Å². The van der Waals surface area contributed by atoms with E-state index in [1.165, 1.54) is 0 Å². The molecule has 0 aromatic carbocycles. The minimum Gasteiger partial charge on any atom is -0.394 e. The minimum atomic E-state index is -1.65. The van der Waals surface area contributed by atoms with Crippen LogP contribution in [0.25, 0.3) is 0 Å².